The molecule has 0 aliphatic carbocycles. The van der Waals surface area contributed by atoms with E-state index in [0.29, 0.717) is 5.65 Å². The summed E-state index contributed by atoms with van der Waals surface area (Å²) >= 11 is 0. The molecule has 1 N–H and O–H groups in total. The molecule has 0 saturated heterocycles. The number of hydrogen-bond acceptors (Lipinski definition) is 3. The van der Waals surface area contributed by atoms with Crippen LogP contribution in [0.2, 0.25) is 0 Å². The molecule has 4 rings (SSSR count). The molecule has 2 heterocycles. The third-order valence-corrected chi connectivity index (χ3v) is 5.00. The summed E-state index contributed by atoms with van der Waals surface area (Å²) in [6, 6.07) is 17.1. The van der Waals surface area contributed by atoms with E-state index in [1.807, 2.05) is 44.2 Å². The first-order chi connectivity index (χ1) is 14.5. The molecule has 0 bridgehead atoms. The first-order valence-electron chi connectivity index (χ1n) is 9.65. The van der Waals surface area contributed by atoms with Crippen LogP contribution in [-0.2, 0) is 11.3 Å². The molecule has 2 aromatic carbocycles. The second-order valence-electron chi connectivity index (χ2n) is 7.13. The number of fused-ring (bicyclic) bond motifs is 1. The Labute approximate surface area is 172 Å². The number of aromatic nitrogens is 3. The monoisotopic (exact) mass is 404 g/mol. The van der Waals surface area contributed by atoms with Gasteiger partial charge in [-0.3, -0.25) is 14.2 Å². The van der Waals surface area contributed by atoms with Crippen LogP contribution in [0.3, 0.4) is 0 Å². The Morgan fingerprint density at radius 1 is 1.07 bits per heavy atom. The minimum Gasteiger partial charge on any atom is -0.324 e. The van der Waals surface area contributed by atoms with Crippen molar-refractivity contribution < 1.29 is 9.18 Å². The molecule has 0 saturated carbocycles. The molecule has 0 atom stereocenters. The number of carbonyl (C=O) groups is 1. The number of aryl methyl sites for hydroxylation is 3. The summed E-state index contributed by atoms with van der Waals surface area (Å²) in [7, 11) is 0. The van der Waals surface area contributed by atoms with Gasteiger partial charge >= 0.3 is 0 Å². The van der Waals surface area contributed by atoms with Crippen molar-refractivity contribution in [3.63, 3.8) is 0 Å². The van der Waals surface area contributed by atoms with Crippen LogP contribution in [-0.4, -0.2) is 20.3 Å². The van der Waals surface area contributed by atoms with Crippen LogP contribution >= 0.6 is 0 Å². The van der Waals surface area contributed by atoms with Crippen molar-refractivity contribution in [2.45, 2.75) is 26.8 Å². The summed E-state index contributed by atoms with van der Waals surface area (Å²) in [6.45, 7) is 3.92. The Morgan fingerprint density at radius 3 is 2.50 bits per heavy atom. The molecule has 6 nitrogen and oxygen atoms in total. The van der Waals surface area contributed by atoms with Crippen molar-refractivity contribution in [1.82, 2.24) is 14.3 Å². The van der Waals surface area contributed by atoms with Crippen molar-refractivity contribution >= 4 is 22.6 Å². The number of anilines is 1. The Hall–Kier alpha value is -3.74. The average Bonchev–Trinajstić information content (AvgIpc) is 3.08. The normalized spacial score (nSPS) is 11.0. The summed E-state index contributed by atoms with van der Waals surface area (Å²) in [5.41, 5.74) is 3.01. The number of nitrogens with one attached hydrogen (secondary N) is 1. The van der Waals surface area contributed by atoms with E-state index in [1.54, 1.807) is 27.4 Å². The highest BCUT2D eigenvalue weighted by Gasteiger charge is 2.17. The van der Waals surface area contributed by atoms with Crippen molar-refractivity contribution in [1.29, 1.82) is 0 Å². The zero-order chi connectivity index (χ0) is 21.3. The summed E-state index contributed by atoms with van der Waals surface area (Å²) in [4.78, 5) is 25.2. The van der Waals surface area contributed by atoms with Crippen molar-refractivity contribution in [3.8, 4) is 5.69 Å². The van der Waals surface area contributed by atoms with Gasteiger partial charge in [0, 0.05) is 24.4 Å². The fourth-order valence-corrected chi connectivity index (χ4v) is 3.62. The standard InChI is InChI=1S/C23H21FN4O2/c1-15-14-21(30)27(13-12-20(29)25-19-11-7-6-10-18(19)24)23-22(15)16(2)26-28(23)17-8-4-3-5-9-17/h3-11,14H,12-13H2,1-2H3,(H,25,29). The maximum atomic E-state index is 13.8. The quantitative estimate of drug-likeness (QED) is 0.547. The van der Waals surface area contributed by atoms with Gasteiger partial charge in [0.15, 0.2) is 0 Å². The molecule has 0 unspecified atom stereocenters. The van der Waals surface area contributed by atoms with E-state index in [9.17, 15) is 14.0 Å². The topological polar surface area (TPSA) is 68.9 Å². The molecule has 7 heteroatoms. The number of pyridine rings is 1. The van der Waals surface area contributed by atoms with Crippen LogP contribution in [0, 0.1) is 19.7 Å². The summed E-state index contributed by atoms with van der Waals surface area (Å²) in [5.74, 6) is -0.873. The Bertz CT molecular complexity index is 1290. The summed E-state index contributed by atoms with van der Waals surface area (Å²) in [5, 5.41) is 8.08. The van der Waals surface area contributed by atoms with Gasteiger partial charge in [-0.1, -0.05) is 30.3 Å². The van der Waals surface area contributed by atoms with Gasteiger partial charge in [0.25, 0.3) is 5.56 Å². The van der Waals surface area contributed by atoms with Crippen molar-refractivity contribution in [2.24, 2.45) is 0 Å². The largest absolute Gasteiger partial charge is 0.324 e. The molecule has 1 amide bonds. The number of para-hydroxylation sites is 2. The third kappa shape index (κ3) is 3.61. The fraction of sp³-hybridized carbons (Fsp3) is 0.174. The highest BCUT2D eigenvalue weighted by atomic mass is 19.1. The Morgan fingerprint density at radius 2 is 1.77 bits per heavy atom. The lowest BCUT2D eigenvalue weighted by Crippen LogP contribution is -2.25. The SMILES string of the molecule is Cc1cc(=O)n(CCC(=O)Nc2ccccc2F)c2c1c(C)nn2-c1ccccc1. The lowest BCUT2D eigenvalue weighted by atomic mass is 10.1. The number of amides is 1. The molecule has 0 fully saturated rings. The molecule has 0 aliphatic rings. The van der Waals surface area contributed by atoms with Crippen molar-refractivity contribution in [3.05, 3.63) is 88.1 Å². The predicted octanol–water partition coefficient (Wildman–Crippen LogP) is 3.97. The second-order valence-corrected chi connectivity index (χ2v) is 7.13. The van der Waals surface area contributed by atoms with Gasteiger partial charge in [0.1, 0.15) is 11.5 Å². The minimum absolute atomic E-state index is 0.0193. The van der Waals surface area contributed by atoms with Crippen LogP contribution in [0.25, 0.3) is 16.7 Å². The van der Waals surface area contributed by atoms with Gasteiger partial charge in [0.2, 0.25) is 5.91 Å². The molecule has 0 aliphatic heterocycles. The van der Waals surface area contributed by atoms with Crippen LogP contribution in [0.1, 0.15) is 17.7 Å². The van der Waals surface area contributed by atoms with Crippen LogP contribution in [0.4, 0.5) is 10.1 Å². The van der Waals surface area contributed by atoms with E-state index in [-0.39, 0.29) is 30.1 Å². The Balaban J connectivity index is 1.71. The molecular formula is C23H21FN4O2. The molecular weight excluding hydrogens is 383 g/mol. The first-order valence-corrected chi connectivity index (χ1v) is 9.65. The van der Waals surface area contributed by atoms with Gasteiger partial charge in [0.05, 0.1) is 17.1 Å². The van der Waals surface area contributed by atoms with E-state index in [1.165, 1.54) is 12.1 Å². The number of nitrogens with zero attached hydrogens (tertiary/aromatic N) is 3. The number of rotatable bonds is 5. The molecule has 0 radical (unpaired) electrons. The number of halogens is 1. The summed E-state index contributed by atoms with van der Waals surface area (Å²) < 4.78 is 17.1. The van der Waals surface area contributed by atoms with Gasteiger partial charge in [-0.05, 0) is 43.7 Å². The minimum atomic E-state index is -0.501. The summed E-state index contributed by atoms with van der Waals surface area (Å²) in [6.07, 6.45) is 0.0193. The van der Waals surface area contributed by atoms with Gasteiger partial charge in [-0.2, -0.15) is 5.10 Å². The van der Waals surface area contributed by atoms with Crippen LogP contribution in [0.5, 0.6) is 0 Å². The number of hydrogen-bond donors (Lipinski definition) is 1. The second kappa shape index (κ2) is 7.94. The molecule has 2 aromatic heterocycles. The first kappa shape index (κ1) is 19.6. The van der Waals surface area contributed by atoms with E-state index >= 15 is 0 Å². The lowest BCUT2D eigenvalue weighted by molar-refractivity contribution is -0.116. The van der Waals surface area contributed by atoms with Gasteiger partial charge in [-0.15, -0.1) is 0 Å². The highest BCUT2D eigenvalue weighted by Crippen LogP contribution is 2.24. The third-order valence-electron chi connectivity index (χ3n) is 5.00. The maximum absolute atomic E-state index is 13.8. The highest BCUT2D eigenvalue weighted by molar-refractivity contribution is 5.91. The van der Waals surface area contributed by atoms with Crippen molar-refractivity contribution in [2.75, 3.05) is 5.32 Å². The van der Waals surface area contributed by atoms with Gasteiger partial charge < -0.3 is 5.32 Å². The smallest absolute Gasteiger partial charge is 0.252 e. The molecule has 0 spiro atoms. The fourth-order valence-electron chi connectivity index (χ4n) is 3.62. The zero-order valence-corrected chi connectivity index (χ0v) is 16.7. The Kier molecular flexibility index (Phi) is 5.18. The molecule has 30 heavy (non-hydrogen) atoms. The van der Waals surface area contributed by atoms with Crippen LogP contribution < -0.4 is 10.9 Å². The lowest BCUT2D eigenvalue weighted by Gasteiger charge is -2.12. The zero-order valence-electron chi connectivity index (χ0n) is 16.7. The molecule has 4 aromatic rings. The number of carbonyl (C=O) groups excluding carboxylic acids is 1. The maximum Gasteiger partial charge on any atom is 0.252 e. The predicted molar refractivity (Wildman–Crippen MR) is 114 cm³/mol. The van der Waals surface area contributed by atoms with Crippen LogP contribution in [0.15, 0.2) is 65.5 Å². The molecule has 152 valence electrons. The van der Waals surface area contributed by atoms with E-state index < -0.39 is 5.82 Å². The van der Waals surface area contributed by atoms with E-state index in [4.69, 9.17) is 0 Å². The number of benzene rings is 2. The van der Waals surface area contributed by atoms with E-state index in [0.717, 1.165) is 22.3 Å². The average molecular weight is 404 g/mol. The van der Waals surface area contributed by atoms with E-state index in [2.05, 4.69) is 10.4 Å². The van der Waals surface area contributed by atoms with Gasteiger partial charge in [-0.25, -0.2) is 9.07 Å².